The quantitative estimate of drug-likeness (QED) is 0.485. The summed E-state index contributed by atoms with van der Waals surface area (Å²) in [6.07, 6.45) is 1.88. The molecule has 138 valence electrons. The molecular formula is C23H25N3O. The fourth-order valence-corrected chi connectivity index (χ4v) is 2.79. The van der Waals surface area contributed by atoms with Crippen LogP contribution in [0.5, 0.6) is 0 Å². The average molecular weight is 359 g/mol. The van der Waals surface area contributed by atoms with Gasteiger partial charge in [0.2, 0.25) is 0 Å². The lowest BCUT2D eigenvalue weighted by Crippen LogP contribution is -2.20. The van der Waals surface area contributed by atoms with Crippen molar-refractivity contribution in [2.75, 3.05) is 30.1 Å². The highest BCUT2D eigenvalue weighted by molar-refractivity contribution is 5.81. The zero-order chi connectivity index (χ0) is 18.9. The Kier molecular flexibility index (Phi) is 6.61. The minimum atomic E-state index is 0.144. The summed E-state index contributed by atoms with van der Waals surface area (Å²) in [6, 6.07) is 28.7. The van der Waals surface area contributed by atoms with E-state index in [4.69, 9.17) is 10.2 Å². The van der Waals surface area contributed by atoms with Crippen molar-refractivity contribution >= 4 is 17.6 Å². The van der Waals surface area contributed by atoms with Crippen molar-refractivity contribution < 1.29 is 5.11 Å². The van der Waals surface area contributed by atoms with E-state index < -0.39 is 0 Å². The molecule has 3 rings (SSSR count). The van der Waals surface area contributed by atoms with Gasteiger partial charge in [0.25, 0.3) is 0 Å². The maximum Gasteiger partial charge on any atom is 0.0666 e. The third kappa shape index (κ3) is 5.43. The molecule has 0 fully saturated rings. The molecule has 0 atom stereocenters. The molecule has 4 nitrogen and oxygen atoms in total. The van der Waals surface area contributed by atoms with E-state index in [9.17, 15) is 0 Å². The predicted molar refractivity (Wildman–Crippen MR) is 113 cm³/mol. The van der Waals surface area contributed by atoms with Crippen LogP contribution in [0.25, 0.3) is 0 Å². The van der Waals surface area contributed by atoms with Crippen LogP contribution in [0.15, 0.2) is 90.0 Å². The first-order valence-electron chi connectivity index (χ1n) is 9.09. The zero-order valence-electron chi connectivity index (χ0n) is 15.6. The minimum Gasteiger partial charge on any atom is -0.395 e. The molecule has 0 saturated heterocycles. The van der Waals surface area contributed by atoms with E-state index in [0.717, 1.165) is 16.9 Å². The number of nitrogens with zero attached hydrogens (tertiary/aromatic N) is 3. The number of anilines is 2. The van der Waals surface area contributed by atoms with Gasteiger partial charge in [-0.25, -0.2) is 0 Å². The number of aliphatic hydroxyl groups excluding tert-OH is 1. The Hall–Kier alpha value is -3.11. The van der Waals surface area contributed by atoms with Crippen molar-refractivity contribution in [2.45, 2.75) is 6.54 Å². The summed E-state index contributed by atoms with van der Waals surface area (Å²) in [4.78, 5) is 2.02. The van der Waals surface area contributed by atoms with Crippen LogP contribution in [0.1, 0.15) is 11.1 Å². The third-order valence-corrected chi connectivity index (χ3v) is 4.34. The second-order valence-corrected chi connectivity index (χ2v) is 6.36. The van der Waals surface area contributed by atoms with Crippen LogP contribution >= 0.6 is 0 Å². The first kappa shape index (κ1) is 18.7. The van der Waals surface area contributed by atoms with Crippen LogP contribution in [0.3, 0.4) is 0 Å². The highest BCUT2D eigenvalue weighted by atomic mass is 16.3. The molecule has 1 N–H and O–H groups in total. The summed E-state index contributed by atoms with van der Waals surface area (Å²) >= 11 is 0. The monoisotopic (exact) mass is 359 g/mol. The van der Waals surface area contributed by atoms with E-state index in [-0.39, 0.29) is 6.61 Å². The fourth-order valence-electron chi connectivity index (χ4n) is 2.79. The summed E-state index contributed by atoms with van der Waals surface area (Å²) in [7, 11) is 1.97. The molecule has 4 heteroatoms. The molecule has 0 aliphatic heterocycles. The molecule has 0 amide bonds. The van der Waals surface area contributed by atoms with E-state index in [1.165, 1.54) is 5.56 Å². The van der Waals surface area contributed by atoms with Crippen molar-refractivity contribution in [3.63, 3.8) is 0 Å². The van der Waals surface area contributed by atoms with Crippen molar-refractivity contribution in [3.8, 4) is 0 Å². The number of hydrogen-bond donors (Lipinski definition) is 1. The van der Waals surface area contributed by atoms with Gasteiger partial charge in [-0.15, -0.1) is 0 Å². The molecule has 0 spiro atoms. The van der Waals surface area contributed by atoms with Gasteiger partial charge in [0.1, 0.15) is 0 Å². The SMILES string of the molecule is CN(CCO)c1ccc(/C=N\N(Cc2ccccc2)c2ccccc2)cc1. The topological polar surface area (TPSA) is 39.1 Å². The van der Waals surface area contributed by atoms with Crippen molar-refractivity contribution in [3.05, 3.63) is 96.1 Å². The molecule has 0 radical (unpaired) electrons. The Labute approximate surface area is 161 Å². The summed E-state index contributed by atoms with van der Waals surface area (Å²) in [5.74, 6) is 0. The van der Waals surface area contributed by atoms with Crippen molar-refractivity contribution in [1.29, 1.82) is 0 Å². The number of hydrogen-bond acceptors (Lipinski definition) is 4. The number of rotatable bonds is 8. The van der Waals surface area contributed by atoms with Crippen LogP contribution in [-0.4, -0.2) is 31.5 Å². The third-order valence-electron chi connectivity index (χ3n) is 4.34. The largest absolute Gasteiger partial charge is 0.395 e. The number of likely N-dealkylation sites (N-methyl/N-ethyl adjacent to an activating group) is 1. The molecule has 3 aromatic rings. The molecule has 3 aromatic carbocycles. The van der Waals surface area contributed by atoms with E-state index >= 15 is 0 Å². The lowest BCUT2D eigenvalue weighted by atomic mass is 10.2. The van der Waals surface area contributed by atoms with Crippen LogP contribution < -0.4 is 9.91 Å². The minimum absolute atomic E-state index is 0.144. The molecule has 0 unspecified atom stereocenters. The molecule has 0 aliphatic carbocycles. The molecule has 0 saturated carbocycles. The zero-order valence-corrected chi connectivity index (χ0v) is 15.6. The van der Waals surface area contributed by atoms with Gasteiger partial charge in [-0.2, -0.15) is 5.10 Å². The van der Waals surface area contributed by atoms with E-state index in [1.807, 2.05) is 83.8 Å². The van der Waals surface area contributed by atoms with Gasteiger partial charge in [0.05, 0.1) is 25.1 Å². The van der Waals surface area contributed by atoms with E-state index in [0.29, 0.717) is 13.1 Å². The molecule has 0 bridgehead atoms. The number of para-hydroxylation sites is 1. The molecule has 0 aromatic heterocycles. The lowest BCUT2D eigenvalue weighted by molar-refractivity contribution is 0.304. The van der Waals surface area contributed by atoms with Gasteiger partial charge in [-0.3, -0.25) is 5.01 Å². The first-order chi connectivity index (χ1) is 13.3. The van der Waals surface area contributed by atoms with Crippen LogP contribution in [-0.2, 0) is 6.54 Å². The number of benzene rings is 3. The maximum atomic E-state index is 9.06. The molecule has 27 heavy (non-hydrogen) atoms. The smallest absolute Gasteiger partial charge is 0.0666 e. The van der Waals surface area contributed by atoms with E-state index in [2.05, 4.69) is 24.3 Å². The van der Waals surface area contributed by atoms with Crippen LogP contribution in [0.2, 0.25) is 0 Å². The van der Waals surface area contributed by atoms with Gasteiger partial charge in [-0.1, -0.05) is 60.7 Å². The summed E-state index contributed by atoms with van der Waals surface area (Å²) in [6.45, 7) is 1.47. The molecule has 0 aliphatic rings. The maximum absolute atomic E-state index is 9.06. The van der Waals surface area contributed by atoms with Gasteiger partial charge in [-0.05, 0) is 35.4 Å². The Morgan fingerprint density at radius 3 is 2.07 bits per heavy atom. The highest BCUT2D eigenvalue weighted by Crippen LogP contribution is 2.18. The Morgan fingerprint density at radius 1 is 0.815 bits per heavy atom. The summed E-state index contributed by atoms with van der Waals surface area (Å²) in [5, 5.41) is 15.8. The number of aliphatic hydroxyl groups is 1. The normalized spacial score (nSPS) is 10.9. The van der Waals surface area contributed by atoms with Crippen molar-refractivity contribution in [1.82, 2.24) is 0 Å². The van der Waals surface area contributed by atoms with Gasteiger partial charge in [0, 0.05) is 19.3 Å². The standard InChI is InChI=1S/C23H25N3O/c1-25(16-17-27)22-14-12-20(13-15-22)18-24-26(23-10-6-3-7-11-23)19-21-8-4-2-5-9-21/h2-15,18,27H,16-17,19H2,1H3/b24-18-. The Morgan fingerprint density at radius 2 is 1.44 bits per heavy atom. The van der Waals surface area contributed by atoms with Gasteiger partial charge < -0.3 is 10.0 Å². The highest BCUT2D eigenvalue weighted by Gasteiger charge is 2.05. The average Bonchev–Trinajstić information content (AvgIpc) is 2.73. The Bertz CT molecular complexity index is 833. The summed E-state index contributed by atoms with van der Waals surface area (Å²) in [5.41, 5.74) is 4.37. The van der Waals surface area contributed by atoms with Crippen molar-refractivity contribution in [2.24, 2.45) is 5.10 Å². The molecular weight excluding hydrogens is 334 g/mol. The van der Waals surface area contributed by atoms with E-state index in [1.54, 1.807) is 0 Å². The fraction of sp³-hybridized carbons (Fsp3) is 0.174. The second-order valence-electron chi connectivity index (χ2n) is 6.36. The predicted octanol–water partition coefficient (Wildman–Crippen LogP) is 4.16. The lowest BCUT2D eigenvalue weighted by Gasteiger charge is -2.19. The van der Waals surface area contributed by atoms with Gasteiger partial charge >= 0.3 is 0 Å². The van der Waals surface area contributed by atoms with Crippen LogP contribution in [0, 0.1) is 0 Å². The Balaban J connectivity index is 1.77. The molecule has 0 heterocycles. The summed E-state index contributed by atoms with van der Waals surface area (Å²) < 4.78 is 0. The first-order valence-corrected chi connectivity index (χ1v) is 9.09. The number of hydrazone groups is 1. The van der Waals surface area contributed by atoms with Crippen LogP contribution in [0.4, 0.5) is 11.4 Å². The van der Waals surface area contributed by atoms with Gasteiger partial charge in [0.15, 0.2) is 0 Å². The second kappa shape index (κ2) is 9.55.